The largest absolute Gasteiger partial charge is 0.488 e. The highest BCUT2D eigenvalue weighted by Gasteiger charge is 2.14. The highest BCUT2D eigenvalue weighted by atomic mass is 35.5. The minimum atomic E-state index is -0.625. The maximum absolute atomic E-state index is 11.2. The molecule has 1 heterocycles. The van der Waals surface area contributed by atoms with Crippen LogP contribution in [-0.4, -0.2) is 18.1 Å². The lowest BCUT2D eigenvalue weighted by molar-refractivity contribution is 0.251. The van der Waals surface area contributed by atoms with E-state index in [1.54, 1.807) is 24.3 Å². The lowest BCUT2D eigenvalue weighted by Crippen LogP contribution is -2.31. The smallest absolute Gasteiger partial charge is 0.365 e. The summed E-state index contributed by atoms with van der Waals surface area (Å²) in [6.07, 6.45) is 1.50. The van der Waals surface area contributed by atoms with Crippen LogP contribution in [0, 0.1) is 0 Å². The fourth-order valence-electron chi connectivity index (χ4n) is 2.10. The molecule has 9 heteroatoms. The number of carbonyl (C=O) groups is 1. The van der Waals surface area contributed by atoms with Crippen molar-refractivity contribution < 1.29 is 9.53 Å². The minimum Gasteiger partial charge on any atom is -0.488 e. The van der Waals surface area contributed by atoms with Crippen LogP contribution in [0.4, 0.5) is 4.79 Å². The molecule has 7 nitrogen and oxygen atoms in total. The Balaban J connectivity index is 1.73. The van der Waals surface area contributed by atoms with Crippen LogP contribution in [0.5, 0.6) is 5.75 Å². The van der Waals surface area contributed by atoms with Gasteiger partial charge in [0.25, 0.3) is 0 Å². The topological polar surface area (TPSA) is 87.8 Å². The predicted molar refractivity (Wildman–Crippen MR) is 105 cm³/mol. The SMILES string of the molecule is C=C1N=NC(=O)N/C1=N/N=C/c1ccccc1OCc1ccc(Cl)cc1Cl. The molecule has 1 aliphatic rings. The van der Waals surface area contributed by atoms with Crippen molar-refractivity contribution in [2.45, 2.75) is 6.61 Å². The van der Waals surface area contributed by atoms with E-state index >= 15 is 0 Å². The van der Waals surface area contributed by atoms with E-state index in [2.05, 4.69) is 32.3 Å². The van der Waals surface area contributed by atoms with Gasteiger partial charge in [0.15, 0.2) is 5.84 Å². The van der Waals surface area contributed by atoms with E-state index < -0.39 is 6.03 Å². The first-order chi connectivity index (χ1) is 13.0. The van der Waals surface area contributed by atoms with Crippen LogP contribution in [-0.2, 0) is 6.61 Å². The highest BCUT2D eigenvalue weighted by molar-refractivity contribution is 6.35. The molecule has 2 amide bonds. The lowest BCUT2D eigenvalue weighted by Gasteiger charge is -2.10. The molecule has 0 spiro atoms. The van der Waals surface area contributed by atoms with Gasteiger partial charge in [0.1, 0.15) is 18.1 Å². The Kier molecular flexibility index (Phi) is 5.95. The maximum atomic E-state index is 11.2. The molecule has 2 aromatic carbocycles. The number of halogens is 2. The van der Waals surface area contributed by atoms with Crippen molar-refractivity contribution in [3.63, 3.8) is 0 Å². The summed E-state index contributed by atoms with van der Waals surface area (Å²) in [6, 6.07) is 11.9. The van der Waals surface area contributed by atoms with E-state index in [-0.39, 0.29) is 18.1 Å². The zero-order chi connectivity index (χ0) is 19.2. The van der Waals surface area contributed by atoms with Crippen LogP contribution in [0.25, 0.3) is 0 Å². The van der Waals surface area contributed by atoms with E-state index in [0.29, 0.717) is 21.4 Å². The average molecular weight is 402 g/mol. The van der Waals surface area contributed by atoms with Crippen LogP contribution >= 0.6 is 23.2 Å². The average Bonchev–Trinajstić information content (AvgIpc) is 2.65. The summed E-state index contributed by atoms with van der Waals surface area (Å²) in [4.78, 5) is 11.2. The number of para-hydroxylation sites is 1. The molecular formula is C18H13Cl2N5O2. The Labute approximate surface area is 165 Å². The van der Waals surface area contributed by atoms with E-state index in [4.69, 9.17) is 27.9 Å². The first-order valence-electron chi connectivity index (χ1n) is 7.72. The Morgan fingerprint density at radius 3 is 2.81 bits per heavy atom. The first-order valence-corrected chi connectivity index (χ1v) is 8.47. The number of nitrogens with one attached hydrogen (secondary N) is 1. The van der Waals surface area contributed by atoms with Gasteiger partial charge in [0.05, 0.1) is 6.21 Å². The van der Waals surface area contributed by atoms with Crippen molar-refractivity contribution in [1.29, 1.82) is 0 Å². The van der Waals surface area contributed by atoms with Crippen LogP contribution in [0.2, 0.25) is 10.0 Å². The summed E-state index contributed by atoms with van der Waals surface area (Å²) in [5.41, 5.74) is 1.72. The van der Waals surface area contributed by atoms with Crippen molar-refractivity contribution >= 4 is 41.3 Å². The summed E-state index contributed by atoms with van der Waals surface area (Å²) in [5.74, 6) is 0.733. The summed E-state index contributed by atoms with van der Waals surface area (Å²) in [5, 5.41) is 18.2. The van der Waals surface area contributed by atoms with E-state index in [9.17, 15) is 4.79 Å². The second-order valence-electron chi connectivity index (χ2n) is 5.33. The Morgan fingerprint density at radius 1 is 1.19 bits per heavy atom. The standard InChI is InChI=1S/C18H13Cl2N5O2/c1-11-17(22-18(26)25-23-11)24-21-9-12-4-2-3-5-16(12)27-10-13-6-7-14(19)8-15(13)20/h2-9H,1,10H2,(H,22,24,26)/b21-9+. The van der Waals surface area contributed by atoms with E-state index in [1.807, 2.05) is 18.2 Å². The Bertz CT molecular complexity index is 985. The zero-order valence-corrected chi connectivity index (χ0v) is 15.4. The molecule has 0 atom stereocenters. The number of azo groups is 1. The van der Waals surface area contributed by atoms with Gasteiger partial charge in [0.2, 0.25) is 0 Å². The quantitative estimate of drug-likeness (QED) is 0.564. The van der Waals surface area contributed by atoms with Gasteiger partial charge in [-0.25, -0.2) is 4.79 Å². The fraction of sp³-hybridized carbons (Fsp3) is 0.0556. The molecule has 1 N–H and O–H groups in total. The number of hydrogen-bond donors (Lipinski definition) is 1. The predicted octanol–water partition coefficient (Wildman–Crippen LogP) is 4.99. The van der Waals surface area contributed by atoms with Crippen molar-refractivity contribution in [2.24, 2.45) is 20.4 Å². The number of amides is 2. The molecule has 0 fully saturated rings. The monoisotopic (exact) mass is 401 g/mol. The summed E-state index contributed by atoms with van der Waals surface area (Å²) < 4.78 is 5.84. The molecular weight excluding hydrogens is 389 g/mol. The third-order valence-electron chi connectivity index (χ3n) is 3.43. The van der Waals surface area contributed by atoms with Crippen LogP contribution < -0.4 is 10.1 Å². The van der Waals surface area contributed by atoms with Crippen molar-refractivity contribution in [3.05, 3.63) is 75.9 Å². The number of carbonyl (C=O) groups excluding carboxylic acids is 1. The molecule has 0 saturated heterocycles. The van der Waals surface area contributed by atoms with Gasteiger partial charge >= 0.3 is 6.03 Å². The molecule has 0 radical (unpaired) electrons. The van der Waals surface area contributed by atoms with Gasteiger partial charge in [-0.15, -0.1) is 10.2 Å². The van der Waals surface area contributed by atoms with Crippen LogP contribution in [0.3, 0.4) is 0 Å². The number of nitrogens with zero attached hydrogens (tertiary/aromatic N) is 4. The van der Waals surface area contributed by atoms with Gasteiger partial charge in [0, 0.05) is 21.2 Å². The van der Waals surface area contributed by atoms with Crippen LogP contribution in [0.1, 0.15) is 11.1 Å². The Hall–Kier alpha value is -3.03. The number of rotatable bonds is 5. The molecule has 0 aliphatic carbocycles. The Morgan fingerprint density at radius 2 is 2.00 bits per heavy atom. The minimum absolute atomic E-state index is 0.137. The van der Waals surface area contributed by atoms with Gasteiger partial charge in [-0.2, -0.15) is 5.10 Å². The van der Waals surface area contributed by atoms with Gasteiger partial charge in [-0.1, -0.05) is 53.1 Å². The van der Waals surface area contributed by atoms with Gasteiger partial charge in [-0.05, 0) is 24.3 Å². The number of ether oxygens (including phenoxy) is 1. The molecule has 2 aromatic rings. The normalized spacial score (nSPS) is 15.4. The third kappa shape index (κ3) is 4.99. The lowest BCUT2D eigenvalue weighted by atomic mass is 10.2. The number of hydrogen-bond acceptors (Lipinski definition) is 5. The molecule has 0 saturated carbocycles. The molecule has 1 aliphatic heterocycles. The zero-order valence-electron chi connectivity index (χ0n) is 13.9. The second kappa shape index (κ2) is 8.57. The molecule has 0 bridgehead atoms. The van der Waals surface area contributed by atoms with Crippen molar-refractivity contribution in [1.82, 2.24) is 5.32 Å². The van der Waals surface area contributed by atoms with Crippen molar-refractivity contribution in [3.8, 4) is 5.75 Å². The number of urea groups is 1. The molecule has 0 unspecified atom stereocenters. The summed E-state index contributed by atoms with van der Waals surface area (Å²) in [7, 11) is 0. The number of amidine groups is 1. The van der Waals surface area contributed by atoms with E-state index in [1.165, 1.54) is 6.21 Å². The molecule has 27 heavy (non-hydrogen) atoms. The fourth-order valence-corrected chi connectivity index (χ4v) is 2.56. The van der Waals surface area contributed by atoms with E-state index in [0.717, 1.165) is 5.56 Å². The first kappa shape index (κ1) is 18.8. The highest BCUT2D eigenvalue weighted by Crippen LogP contribution is 2.24. The second-order valence-corrected chi connectivity index (χ2v) is 6.18. The van der Waals surface area contributed by atoms with Crippen molar-refractivity contribution in [2.75, 3.05) is 0 Å². The van der Waals surface area contributed by atoms with Gasteiger partial charge < -0.3 is 4.74 Å². The number of benzene rings is 2. The molecule has 136 valence electrons. The van der Waals surface area contributed by atoms with Crippen LogP contribution in [0.15, 0.2) is 75.2 Å². The summed E-state index contributed by atoms with van der Waals surface area (Å²) >= 11 is 12.1. The third-order valence-corrected chi connectivity index (χ3v) is 4.02. The molecule has 0 aromatic heterocycles. The van der Waals surface area contributed by atoms with Gasteiger partial charge in [-0.3, -0.25) is 5.32 Å². The summed E-state index contributed by atoms with van der Waals surface area (Å²) in [6.45, 7) is 3.89. The molecule has 3 rings (SSSR count). The maximum Gasteiger partial charge on any atom is 0.365 e.